The number of benzene rings is 1. The van der Waals surface area contributed by atoms with Crippen LogP contribution in [0.15, 0.2) is 30.3 Å². The molecule has 0 saturated heterocycles. The van der Waals surface area contributed by atoms with Crippen LogP contribution in [0.3, 0.4) is 0 Å². The van der Waals surface area contributed by atoms with E-state index in [4.69, 9.17) is 9.47 Å². The number of halogens is 3. The first-order valence-electron chi connectivity index (χ1n) is 10.1. The maximum absolute atomic E-state index is 14.0. The van der Waals surface area contributed by atoms with E-state index in [1.807, 2.05) is 0 Å². The number of hydrogen-bond donors (Lipinski definition) is 0. The lowest BCUT2D eigenvalue weighted by molar-refractivity contribution is -0.276. The van der Waals surface area contributed by atoms with Crippen molar-refractivity contribution in [2.45, 2.75) is 57.2 Å². The van der Waals surface area contributed by atoms with Gasteiger partial charge in [-0.05, 0) is 6.42 Å². The molecule has 5 nitrogen and oxygen atoms in total. The van der Waals surface area contributed by atoms with Crippen LogP contribution >= 0.6 is 0 Å². The number of carbonyl (C=O) groups excluding carboxylic acids is 2. The Labute approximate surface area is 176 Å². The lowest BCUT2D eigenvalue weighted by Crippen LogP contribution is -2.52. The number of ether oxygens (including phenoxy) is 2. The van der Waals surface area contributed by atoms with Crippen molar-refractivity contribution in [1.82, 2.24) is 4.90 Å². The minimum Gasteiger partial charge on any atom is -0.463 e. The molecule has 170 valence electrons. The van der Waals surface area contributed by atoms with Crippen LogP contribution < -0.4 is 0 Å². The van der Waals surface area contributed by atoms with Gasteiger partial charge in [0.25, 0.3) is 5.60 Å². The third kappa shape index (κ3) is 6.72. The summed E-state index contributed by atoms with van der Waals surface area (Å²) in [7, 11) is 4.05. The number of rotatable bonds is 12. The molecule has 30 heavy (non-hydrogen) atoms. The minimum atomic E-state index is -5.02. The Hall–Kier alpha value is -2.09. The molecule has 0 fully saturated rings. The molecule has 1 aromatic carbocycles. The van der Waals surface area contributed by atoms with E-state index in [1.54, 1.807) is 20.2 Å². The molecule has 0 aliphatic heterocycles. The summed E-state index contributed by atoms with van der Waals surface area (Å²) >= 11 is 0. The predicted molar refractivity (Wildman–Crippen MR) is 108 cm³/mol. The molecule has 1 rings (SSSR count). The largest absolute Gasteiger partial charge is 0.463 e. The number of hydrogen-bond acceptors (Lipinski definition) is 4. The molecule has 0 saturated carbocycles. The highest BCUT2D eigenvalue weighted by atomic mass is 19.4. The van der Waals surface area contributed by atoms with Crippen LogP contribution in [0.1, 0.15) is 51.0 Å². The standard InChI is InChI=1S/C22H32F3NO4/c1-5-6-7-9-12-17(15-19(27)26(2)3)16-30-20(28)21(29-4,22(23,24)25)18-13-10-8-11-14-18/h8,10-11,13-14,17H,5-7,9,12,15-16H2,1-4H3/t17-,21-/m1/s1. The third-order valence-electron chi connectivity index (χ3n) is 5.05. The van der Waals surface area contributed by atoms with Crippen molar-refractivity contribution < 1.29 is 32.2 Å². The number of carbonyl (C=O) groups is 2. The number of alkyl halides is 3. The summed E-state index contributed by atoms with van der Waals surface area (Å²) in [5, 5.41) is 0. The molecule has 1 aromatic rings. The number of esters is 1. The minimum absolute atomic E-state index is 0.101. The highest BCUT2D eigenvalue weighted by molar-refractivity contribution is 5.82. The van der Waals surface area contributed by atoms with E-state index < -0.39 is 17.7 Å². The van der Waals surface area contributed by atoms with E-state index >= 15 is 0 Å². The highest BCUT2D eigenvalue weighted by Gasteiger charge is 2.64. The maximum atomic E-state index is 14.0. The lowest BCUT2D eigenvalue weighted by atomic mass is 9.92. The van der Waals surface area contributed by atoms with Crippen molar-refractivity contribution in [3.63, 3.8) is 0 Å². The van der Waals surface area contributed by atoms with E-state index in [0.29, 0.717) is 6.42 Å². The quantitative estimate of drug-likeness (QED) is 0.356. The van der Waals surface area contributed by atoms with Crippen molar-refractivity contribution in [3.05, 3.63) is 35.9 Å². The first-order valence-corrected chi connectivity index (χ1v) is 10.1. The molecule has 1 amide bonds. The number of nitrogens with zero attached hydrogens (tertiary/aromatic N) is 1. The Morgan fingerprint density at radius 2 is 1.70 bits per heavy atom. The second-order valence-electron chi connectivity index (χ2n) is 7.56. The zero-order valence-corrected chi connectivity index (χ0v) is 18.1. The summed E-state index contributed by atoms with van der Waals surface area (Å²) in [4.78, 5) is 26.2. The van der Waals surface area contributed by atoms with Gasteiger partial charge in [0.05, 0.1) is 6.61 Å². The molecule has 0 aliphatic rings. The molecule has 2 atom stereocenters. The fourth-order valence-corrected chi connectivity index (χ4v) is 3.22. The molecule has 0 heterocycles. The maximum Gasteiger partial charge on any atom is 0.432 e. The van der Waals surface area contributed by atoms with Crippen LogP contribution in [0.4, 0.5) is 13.2 Å². The summed E-state index contributed by atoms with van der Waals surface area (Å²) in [5.41, 5.74) is -3.57. The second-order valence-corrected chi connectivity index (χ2v) is 7.56. The Morgan fingerprint density at radius 1 is 1.07 bits per heavy atom. The normalized spacial score (nSPS) is 14.6. The van der Waals surface area contributed by atoms with Gasteiger partial charge in [-0.1, -0.05) is 62.9 Å². The third-order valence-corrected chi connectivity index (χ3v) is 5.05. The molecule has 0 N–H and O–H groups in total. The number of amides is 1. The van der Waals surface area contributed by atoms with E-state index in [1.165, 1.54) is 29.2 Å². The summed E-state index contributed by atoms with van der Waals surface area (Å²) in [5.74, 6) is -2.05. The summed E-state index contributed by atoms with van der Waals surface area (Å²) in [6.07, 6.45) is -0.502. The fourth-order valence-electron chi connectivity index (χ4n) is 3.22. The average Bonchev–Trinajstić information content (AvgIpc) is 2.69. The SMILES string of the molecule is CCCCCC[C@@H](COC(=O)[C@](OC)(c1ccccc1)C(F)(F)F)CC(=O)N(C)C. The smallest absolute Gasteiger partial charge is 0.432 e. The number of unbranched alkanes of at least 4 members (excludes halogenated alkanes) is 3. The van der Waals surface area contributed by atoms with E-state index in [0.717, 1.165) is 32.8 Å². The topological polar surface area (TPSA) is 55.8 Å². The molecule has 0 aromatic heterocycles. The average molecular weight is 431 g/mol. The van der Waals surface area contributed by atoms with Gasteiger partial charge < -0.3 is 14.4 Å². The zero-order valence-electron chi connectivity index (χ0n) is 18.1. The van der Waals surface area contributed by atoms with Gasteiger partial charge in [0, 0.05) is 39.1 Å². The van der Waals surface area contributed by atoms with Crippen molar-refractivity contribution in [3.8, 4) is 0 Å². The highest BCUT2D eigenvalue weighted by Crippen LogP contribution is 2.43. The van der Waals surface area contributed by atoms with Crippen LogP contribution in [-0.4, -0.2) is 50.8 Å². The number of methoxy groups -OCH3 is 1. The van der Waals surface area contributed by atoms with E-state index in [2.05, 4.69) is 6.92 Å². The van der Waals surface area contributed by atoms with Gasteiger partial charge in [0.2, 0.25) is 5.91 Å². The molecule has 0 spiro atoms. The Bertz CT molecular complexity index is 664. The molecule has 0 radical (unpaired) electrons. The van der Waals surface area contributed by atoms with Gasteiger partial charge in [-0.25, -0.2) is 4.79 Å². The molecule has 0 aliphatic carbocycles. The van der Waals surface area contributed by atoms with Gasteiger partial charge in [-0.3, -0.25) is 4.79 Å². The predicted octanol–water partition coefficient (Wildman–Crippen LogP) is 4.70. The summed E-state index contributed by atoms with van der Waals surface area (Å²) < 4.78 is 51.7. The second kappa shape index (κ2) is 11.9. The van der Waals surface area contributed by atoms with Crippen molar-refractivity contribution in [2.75, 3.05) is 27.8 Å². The lowest BCUT2D eigenvalue weighted by Gasteiger charge is -2.33. The summed E-state index contributed by atoms with van der Waals surface area (Å²) in [6, 6.07) is 6.69. The van der Waals surface area contributed by atoms with Gasteiger partial charge in [-0.2, -0.15) is 13.2 Å². The van der Waals surface area contributed by atoms with Crippen LogP contribution in [-0.2, 0) is 24.7 Å². The van der Waals surface area contributed by atoms with Crippen LogP contribution in [0.25, 0.3) is 0 Å². The van der Waals surface area contributed by atoms with E-state index in [-0.39, 0.29) is 30.4 Å². The first-order chi connectivity index (χ1) is 14.1. The molecular formula is C22H32F3NO4. The van der Waals surface area contributed by atoms with Crippen LogP contribution in [0.5, 0.6) is 0 Å². The van der Waals surface area contributed by atoms with Crippen molar-refractivity contribution >= 4 is 11.9 Å². The van der Waals surface area contributed by atoms with Gasteiger partial charge >= 0.3 is 12.1 Å². The van der Waals surface area contributed by atoms with Gasteiger partial charge in [0.15, 0.2) is 0 Å². The zero-order chi connectivity index (χ0) is 22.8. The Kier molecular flexibility index (Phi) is 10.3. The molecular weight excluding hydrogens is 399 g/mol. The molecule has 0 bridgehead atoms. The molecule has 0 unspecified atom stereocenters. The van der Waals surface area contributed by atoms with E-state index in [9.17, 15) is 22.8 Å². The fraction of sp³-hybridized carbons (Fsp3) is 0.636. The van der Waals surface area contributed by atoms with Crippen molar-refractivity contribution in [2.24, 2.45) is 5.92 Å². The first kappa shape index (κ1) is 25.9. The Balaban J connectivity index is 3.00. The molecule has 8 heteroatoms. The van der Waals surface area contributed by atoms with Gasteiger partial charge in [0.1, 0.15) is 0 Å². The van der Waals surface area contributed by atoms with Gasteiger partial charge in [-0.15, -0.1) is 0 Å². The van der Waals surface area contributed by atoms with Crippen LogP contribution in [0, 0.1) is 5.92 Å². The monoisotopic (exact) mass is 431 g/mol. The van der Waals surface area contributed by atoms with Crippen molar-refractivity contribution in [1.29, 1.82) is 0 Å². The Morgan fingerprint density at radius 3 is 2.20 bits per heavy atom. The summed E-state index contributed by atoms with van der Waals surface area (Å²) in [6.45, 7) is 1.79. The van der Waals surface area contributed by atoms with Crippen LogP contribution in [0.2, 0.25) is 0 Å².